The third kappa shape index (κ3) is 4.22. The van der Waals surface area contributed by atoms with Gasteiger partial charge in [-0.15, -0.1) is 0 Å². The summed E-state index contributed by atoms with van der Waals surface area (Å²) in [6.45, 7) is 0. The lowest BCUT2D eigenvalue weighted by molar-refractivity contribution is 0.235. The highest BCUT2D eigenvalue weighted by Crippen LogP contribution is 2.17. The molecule has 0 spiro atoms. The van der Waals surface area contributed by atoms with Crippen LogP contribution in [0.2, 0.25) is 0 Å². The van der Waals surface area contributed by atoms with Crippen molar-refractivity contribution in [3.8, 4) is 0 Å². The number of thiocarbonyl (C=S) groups is 1. The van der Waals surface area contributed by atoms with Gasteiger partial charge in [0.2, 0.25) is 0 Å². The van der Waals surface area contributed by atoms with Gasteiger partial charge in [-0.25, -0.2) is 4.98 Å². The summed E-state index contributed by atoms with van der Waals surface area (Å²) in [7, 11) is 0. The average Bonchev–Trinajstić information content (AvgIpc) is 2.47. The first kappa shape index (κ1) is 13.8. The molecule has 6 nitrogen and oxygen atoms in total. The number of hydrogen-bond acceptors (Lipinski definition) is 4. The first-order chi connectivity index (χ1) is 9.29. The van der Waals surface area contributed by atoms with Crippen LogP contribution >= 0.6 is 12.2 Å². The molecule has 1 fully saturated rings. The molecule has 0 unspecified atom stereocenters. The number of rotatable bonds is 2. The second kappa shape index (κ2) is 7.10. The molecular formula is C12H17N5OS. The summed E-state index contributed by atoms with van der Waals surface area (Å²) in [4.78, 5) is 12.1. The van der Waals surface area contributed by atoms with Crippen LogP contribution in [0.1, 0.15) is 37.8 Å². The van der Waals surface area contributed by atoms with Crippen LogP contribution in [-0.2, 0) is 0 Å². The molecule has 1 saturated carbocycles. The lowest BCUT2D eigenvalue weighted by Crippen LogP contribution is -2.35. The molecule has 1 heterocycles. The maximum Gasteiger partial charge on any atom is 0.195 e. The Morgan fingerprint density at radius 2 is 2.11 bits per heavy atom. The van der Waals surface area contributed by atoms with E-state index in [1.807, 2.05) is 5.48 Å². The Morgan fingerprint density at radius 1 is 1.32 bits per heavy atom. The van der Waals surface area contributed by atoms with E-state index >= 15 is 0 Å². The van der Waals surface area contributed by atoms with Crippen LogP contribution in [0.3, 0.4) is 0 Å². The zero-order valence-corrected chi connectivity index (χ0v) is 11.4. The second-order valence-electron chi connectivity index (χ2n) is 4.45. The van der Waals surface area contributed by atoms with Gasteiger partial charge < -0.3 is 5.32 Å². The van der Waals surface area contributed by atoms with E-state index in [9.17, 15) is 0 Å². The number of nitrogens with one attached hydrogen (secondary N) is 2. The van der Waals surface area contributed by atoms with E-state index in [-0.39, 0.29) is 5.84 Å². The minimum absolute atomic E-state index is 0.196. The Bertz CT molecular complexity index is 445. The van der Waals surface area contributed by atoms with Gasteiger partial charge in [0.05, 0.1) is 6.20 Å². The van der Waals surface area contributed by atoms with Gasteiger partial charge in [-0.2, -0.15) is 4.99 Å². The average molecular weight is 279 g/mol. The van der Waals surface area contributed by atoms with Crippen molar-refractivity contribution < 1.29 is 5.21 Å². The summed E-state index contributed by atoms with van der Waals surface area (Å²) in [5.41, 5.74) is 2.45. The molecule has 2 rings (SSSR count). The van der Waals surface area contributed by atoms with Gasteiger partial charge in [0.15, 0.2) is 10.9 Å². The molecule has 0 aliphatic heterocycles. The second-order valence-corrected chi connectivity index (χ2v) is 4.83. The van der Waals surface area contributed by atoms with Gasteiger partial charge >= 0.3 is 0 Å². The third-order valence-electron chi connectivity index (χ3n) is 3.06. The third-order valence-corrected chi connectivity index (χ3v) is 3.27. The van der Waals surface area contributed by atoms with Crippen LogP contribution in [-0.4, -0.2) is 32.2 Å². The van der Waals surface area contributed by atoms with E-state index in [1.165, 1.54) is 31.7 Å². The summed E-state index contributed by atoms with van der Waals surface area (Å²) in [5.74, 6) is 0.196. The largest absolute Gasteiger partial charge is 0.358 e. The summed E-state index contributed by atoms with van der Waals surface area (Å²) in [6, 6.07) is 0.381. The van der Waals surface area contributed by atoms with E-state index in [4.69, 9.17) is 17.4 Å². The van der Waals surface area contributed by atoms with Gasteiger partial charge in [-0.05, 0) is 25.1 Å². The minimum atomic E-state index is 0.196. The summed E-state index contributed by atoms with van der Waals surface area (Å²) < 4.78 is 0. The number of aliphatic imine (C=N–C) groups is 1. The predicted molar refractivity (Wildman–Crippen MR) is 76.1 cm³/mol. The molecule has 1 aromatic rings. The fraction of sp³-hybridized carbons (Fsp3) is 0.500. The van der Waals surface area contributed by atoms with Crippen LogP contribution in [0.4, 0.5) is 0 Å². The van der Waals surface area contributed by atoms with Crippen LogP contribution in [0.15, 0.2) is 23.6 Å². The van der Waals surface area contributed by atoms with Crippen LogP contribution in [0.25, 0.3) is 0 Å². The molecule has 0 bridgehead atoms. The Balaban J connectivity index is 1.99. The molecule has 19 heavy (non-hydrogen) atoms. The van der Waals surface area contributed by atoms with Crippen molar-refractivity contribution in [2.24, 2.45) is 4.99 Å². The summed E-state index contributed by atoms with van der Waals surface area (Å²) in [6.07, 6.45) is 10.5. The molecule has 7 heteroatoms. The molecule has 1 aliphatic carbocycles. The first-order valence-corrected chi connectivity index (χ1v) is 6.76. The molecule has 0 saturated heterocycles. The fourth-order valence-corrected chi connectivity index (χ4v) is 2.37. The maximum atomic E-state index is 9.10. The lowest BCUT2D eigenvalue weighted by atomic mass is 9.96. The highest BCUT2D eigenvalue weighted by molar-refractivity contribution is 7.80. The van der Waals surface area contributed by atoms with Crippen LogP contribution in [0, 0.1) is 0 Å². The monoisotopic (exact) mass is 279 g/mol. The molecule has 102 valence electrons. The summed E-state index contributed by atoms with van der Waals surface area (Å²) in [5, 5.41) is 12.7. The molecule has 0 atom stereocenters. The highest BCUT2D eigenvalue weighted by atomic mass is 32.1. The summed E-state index contributed by atoms with van der Waals surface area (Å²) >= 11 is 5.18. The van der Waals surface area contributed by atoms with Crippen molar-refractivity contribution >= 4 is 23.2 Å². The van der Waals surface area contributed by atoms with Crippen molar-refractivity contribution in [3.05, 3.63) is 24.3 Å². The van der Waals surface area contributed by atoms with Crippen molar-refractivity contribution in [2.75, 3.05) is 0 Å². The van der Waals surface area contributed by atoms with Crippen molar-refractivity contribution in [1.82, 2.24) is 20.8 Å². The topological polar surface area (TPSA) is 82.4 Å². The maximum absolute atomic E-state index is 9.10. The molecule has 0 aromatic carbocycles. The quantitative estimate of drug-likeness (QED) is 0.329. The standard InChI is InChI=1S/C12H17N5OS/c18-17-11(10-8-13-6-7-14-10)16-12(19)15-9-4-2-1-3-5-9/h6-9,18H,1-5H2,(H2,15,16,17,19). The van der Waals surface area contributed by atoms with Crippen LogP contribution in [0.5, 0.6) is 0 Å². The fourth-order valence-electron chi connectivity index (χ4n) is 2.12. The number of amidine groups is 1. The van der Waals surface area contributed by atoms with Crippen molar-refractivity contribution in [3.63, 3.8) is 0 Å². The highest BCUT2D eigenvalue weighted by Gasteiger charge is 2.14. The van der Waals surface area contributed by atoms with Gasteiger partial charge in [-0.3, -0.25) is 15.7 Å². The van der Waals surface area contributed by atoms with Gasteiger partial charge in [0.25, 0.3) is 0 Å². The molecule has 1 aromatic heterocycles. The van der Waals surface area contributed by atoms with Crippen LogP contribution < -0.4 is 10.8 Å². The Kier molecular flexibility index (Phi) is 5.17. The SMILES string of the molecule is ON/C(=N\C(=S)NC1CCCCC1)c1cnccn1. The van der Waals surface area contributed by atoms with E-state index in [0.717, 1.165) is 12.8 Å². The number of aromatic nitrogens is 2. The zero-order chi connectivity index (χ0) is 13.5. The van der Waals surface area contributed by atoms with E-state index < -0.39 is 0 Å². The Hall–Kier alpha value is -1.60. The van der Waals surface area contributed by atoms with E-state index in [0.29, 0.717) is 16.8 Å². The van der Waals surface area contributed by atoms with Crippen molar-refractivity contribution in [1.29, 1.82) is 0 Å². The predicted octanol–water partition coefficient (Wildman–Crippen LogP) is 1.41. The molecule has 0 radical (unpaired) electrons. The Labute approximate surface area is 117 Å². The number of nitrogens with zero attached hydrogens (tertiary/aromatic N) is 3. The van der Waals surface area contributed by atoms with Gasteiger partial charge in [-0.1, -0.05) is 19.3 Å². The normalized spacial score (nSPS) is 17.0. The number of hydrogen-bond donors (Lipinski definition) is 3. The zero-order valence-electron chi connectivity index (χ0n) is 10.5. The molecule has 1 aliphatic rings. The first-order valence-electron chi connectivity index (χ1n) is 6.35. The smallest absolute Gasteiger partial charge is 0.195 e. The molecular weight excluding hydrogens is 262 g/mol. The lowest BCUT2D eigenvalue weighted by Gasteiger charge is -2.22. The van der Waals surface area contributed by atoms with Gasteiger partial charge in [0, 0.05) is 18.4 Å². The van der Waals surface area contributed by atoms with E-state index in [1.54, 1.807) is 6.20 Å². The Morgan fingerprint density at radius 3 is 2.74 bits per heavy atom. The van der Waals surface area contributed by atoms with Gasteiger partial charge in [0.1, 0.15) is 5.69 Å². The van der Waals surface area contributed by atoms with Crippen molar-refractivity contribution in [2.45, 2.75) is 38.1 Å². The molecule has 0 amide bonds. The number of hydroxylamine groups is 1. The van der Waals surface area contributed by atoms with E-state index in [2.05, 4.69) is 20.3 Å². The minimum Gasteiger partial charge on any atom is -0.358 e. The molecule has 3 N–H and O–H groups in total.